The number of anilines is 3. The maximum atomic E-state index is 13.1. The summed E-state index contributed by atoms with van der Waals surface area (Å²) in [5.74, 6) is 0.482. The van der Waals surface area contributed by atoms with Crippen LogP contribution >= 0.6 is 13.5 Å². The topological polar surface area (TPSA) is 86.5 Å². The van der Waals surface area contributed by atoms with Gasteiger partial charge in [-0.3, -0.25) is 9.48 Å². The summed E-state index contributed by atoms with van der Waals surface area (Å²) in [6.07, 6.45) is 5.95. The van der Waals surface area contributed by atoms with E-state index in [9.17, 15) is 9.90 Å². The molecule has 2 aromatic heterocycles. The molecule has 1 aromatic carbocycles. The molecular formula is C23H30N6O2S. The van der Waals surface area contributed by atoms with Crippen molar-refractivity contribution in [1.82, 2.24) is 14.8 Å². The molecule has 8 nitrogen and oxygen atoms in total. The van der Waals surface area contributed by atoms with Gasteiger partial charge in [-0.1, -0.05) is 6.07 Å². The molecule has 2 fully saturated rings. The SMILES string of the molecule is Cn1cc2cc(N3CCCCC3)c(NC(=O)c3cccc(N4CC[C@H](O)C4)n3)cc2n1.S. The van der Waals surface area contributed by atoms with Crippen molar-refractivity contribution in [2.45, 2.75) is 31.8 Å². The molecule has 0 aliphatic carbocycles. The van der Waals surface area contributed by atoms with Crippen molar-refractivity contribution in [3.63, 3.8) is 0 Å². The molecular weight excluding hydrogens is 424 g/mol. The van der Waals surface area contributed by atoms with Crippen molar-refractivity contribution < 1.29 is 9.90 Å². The van der Waals surface area contributed by atoms with Crippen LogP contribution in [0.3, 0.4) is 0 Å². The van der Waals surface area contributed by atoms with Gasteiger partial charge in [-0.2, -0.15) is 18.6 Å². The van der Waals surface area contributed by atoms with Gasteiger partial charge in [-0.05, 0) is 49.9 Å². The number of nitrogens with zero attached hydrogens (tertiary/aromatic N) is 5. The van der Waals surface area contributed by atoms with Crippen LogP contribution in [-0.2, 0) is 7.05 Å². The molecule has 1 amide bonds. The molecule has 1 atom stereocenters. The zero-order valence-electron chi connectivity index (χ0n) is 18.3. The summed E-state index contributed by atoms with van der Waals surface area (Å²) in [4.78, 5) is 22.1. The quantitative estimate of drug-likeness (QED) is 0.631. The number of carbonyl (C=O) groups excluding carboxylic acids is 1. The Hall–Kier alpha value is -2.78. The summed E-state index contributed by atoms with van der Waals surface area (Å²) < 4.78 is 1.80. The Morgan fingerprint density at radius 2 is 1.94 bits per heavy atom. The average molecular weight is 455 g/mol. The lowest BCUT2D eigenvalue weighted by molar-refractivity contribution is 0.102. The van der Waals surface area contributed by atoms with Gasteiger partial charge in [0.15, 0.2) is 0 Å². The molecule has 9 heteroatoms. The second kappa shape index (κ2) is 9.38. The monoisotopic (exact) mass is 454 g/mol. The number of rotatable bonds is 4. The highest BCUT2D eigenvalue weighted by molar-refractivity contribution is 7.59. The van der Waals surface area contributed by atoms with Gasteiger partial charge in [0, 0.05) is 44.8 Å². The van der Waals surface area contributed by atoms with Gasteiger partial charge < -0.3 is 20.2 Å². The van der Waals surface area contributed by atoms with Crippen molar-refractivity contribution in [2.75, 3.05) is 41.3 Å². The molecule has 0 bridgehead atoms. The van der Waals surface area contributed by atoms with Crippen LogP contribution in [0.1, 0.15) is 36.2 Å². The molecule has 0 saturated carbocycles. The van der Waals surface area contributed by atoms with E-state index in [1.807, 2.05) is 36.3 Å². The van der Waals surface area contributed by atoms with Gasteiger partial charge in [-0.15, -0.1) is 0 Å². The van der Waals surface area contributed by atoms with Gasteiger partial charge in [-0.25, -0.2) is 4.98 Å². The number of aromatic nitrogens is 3. The summed E-state index contributed by atoms with van der Waals surface area (Å²) in [6, 6.07) is 9.53. The smallest absolute Gasteiger partial charge is 0.274 e. The van der Waals surface area contributed by atoms with E-state index in [0.717, 1.165) is 67.0 Å². The van der Waals surface area contributed by atoms with E-state index < -0.39 is 0 Å². The summed E-state index contributed by atoms with van der Waals surface area (Å²) in [5.41, 5.74) is 3.02. The number of hydrogen-bond donors (Lipinski definition) is 2. The Bertz CT molecular complexity index is 1110. The number of benzene rings is 1. The van der Waals surface area contributed by atoms with Crippen LogP contribution in [0.25, 0.3) is 10.9 Å². The molecule has 2 N–H and O–H groups in total. The molecule has 2 saturated heterocycles. The van der Waals surface area contributed by atoms with Crippen LogP contribution in [-0.4, -0.2) is 58.1 Å². The predicted octanol–water partition coefficient (Wildman–Crippen LogP) is 2.89. The van der Waals surface area contributed by atoms with E-state index in [0.29, 0.717) is 12.2 Å². The molecule has 5 rings (SSSR count). The minimum atomic E-state index is -0.337. The van der Waals surface area contributed by atoms with E-state index in [2.05, 4.69) is 26.4 Å². The number of aliphatic hydroxyl groups excluding tert-OH is 1. The number of nitrogens with one attached hydrogen (secondary N) is 1. The fourth-order valence-corrected chi connectivity index (χ4v) is 4.54. The third-order valence-electron chi connectivity index (χ3n) is 6.14. The Morgan fingerprint density at radius 3 is 2.69 bits per heavy atom. The molecule has 2 aliphatic rings. The number of hydrogen-bond acceptors (Lipinski definition) is 6. The summed E-state index contributed by atoms with van der Waals surface area (Å²) in [6.45, 7) is 3.27. The lowest BCUT2D eigenvalue weighted by Gasteiger charge is -2.30. The number of pyridine rings is 1. The second-order valence-corrected chi connectivity index (χ2v) is 8.50. The van der Waals surface area contributed by atoms with Crippen LogP contribution in [0.15, 0.2) is 36.5 Å². The standard InChI is InChI=1S/C23H28N6O2.H2S/c1-27-14-16-12-21(28-9-3-2-4-10-28)20(13-19(16)26-27)25-23(31)18-6-5-7-22(24-18)29-11-8-17(30)15-29;/h5-7,12-14,17,30H,2-4,8-11,15H2,1H3,(H,25,31);1H2/t17-;/m0./s1. The Morgan fingerprint density at radius 1 is 1.12 bits per heavy atom. The first-order chi connectivity index (χ1) is 15.1. The molecule has 32 heavy (non-hydrogen) atoms. The molecule has 2 aliphatic heterocycles. The number of aryl methyl sites for hydroxylation is 1. The van der Waals surface area contributed by atoms with Gasteiger partial charge in [0.05, 0.1) is 23.0 Å². The first kappa shape index (κ1) is 22.4. The van der Waals surface area contributed by atoms with E-state index in [1.54, 1.807) is 10.7 Å². The number of aliphatic hydroxyl groups is 1. The zero-order valence-corrected chi connectivity index (χ0v) is 19.3. The van der Waals surface area contributed by atoms with Crippen LogP contribution in [0.5, 0.6) is 0 Å². The number of amides is 1. The fourth-order valence-electron chi connectivity index (χ4n) is 4.54. The van der Waals surface area contributed by atoms with E-state index >= 15 is 0 Å². The van der Waals surface area contributed by atoms with Gasteiger partial charge in [0.1, 0.15) is 11.5 Å². The van der Waals surface area contributed by atoms with Crippen LogP contribution in [0, 0.1) is 0 Å². The first-order valence-electron chi connectivity index (χ1n) is 11.0. The Labute approximate surface area is 194 Å². The summed E-state index contributed by atoms with van der Waals surface area (Å²) >= 11 is 0. The fraction of sp³-hybridized carbons (Fsp3) is 0.435. The molecule has 4 heterocycles. The van der Waals surface area contributed by atoms with Crippen molar-refractivity contribution in [3.8, 4) is 0 Å². The number of fused-ring (bicyclic) bond motifs is 1. The lowest BCUT2D eigenvalue weighted by atomic mass is 10.1. The predicted molar refractivity (Wildman–Crippen MR) is 132 cm³/mol. The lowest BCUT2D eigenvalue weighted by Crippen LogP contribution is -2.30. The largest absolute Gasteiger partial charge is 0.391 e. The number of carbonyl (C=O) groups is 1. The molecule has 0 radical (unpaired) electrons. The highest BCUT2D eigenvalue weighted by atomic mass is 32.1. The van der Waals surface area contributed by atoms with Gasteiger partial charge in [0.2, 0.25) is 0 Å². The van der Waals surface area contributed by atoms with E-state index in [1.165, 1.54) is 6.42 Å². The normalized spacial score (nSPS) is 18.6. The van der Waals surface area contributed by atoms with E-state index in [-0.39, 0.29) is 25.5 Å². The third kappa shape index (κ3) is 4.54. The van der Waals surface area contributed by atoms with Crippen LogP contribution in [0.2, 0.25) is 0 Å². The maximum absolute atomic E-state index is 13.1. The highest BCUT2D eigenvalue weighted by Crippen LogP contribution is 2.33. The zero-order chi connectivity index (χ0) is 21.4. The van der Waals surface area contributed by atoms with Crippen molar-refractivity contribution in [3.05, 3.63) is 42.2 Å². The van der Waals surface area contributed by atoms with Crippen molar-refractivity contribution >= 4 is 47.5 Å². The molecule has 0 spiro atoms. The van der Waals surface area contributed by atoms with E-state index in [4.69, 9.17) is 0 Å². The van der Waals surface area contributed by atoms with Crippen molar-refractivity contribution in [1.29, 1.82) is 0 Å². The summed E-state index contributed by atoms with van der Waals surface area (Å²) in [7, 11) is 1.91. The summed E-state index contributed by atoms with van der Waals surface area (Å²) in [5, 5.41) is 18.5. The molecule has 170 valence electrons. The third-order valence-corrected chi connectivity index (χ3v) is 6.14. The Balaban J connectivity index is 0.00000245. The number of β-amino-alcohol motifs (C(OH)–C–C–N with tert-alkyl or cyclic N) is 1. The number of piperidine rings is 1. The first-order valence-corrected chi connectivity index (χ1v) is 11.0. The van der Waals surface area contributed by atoms with Gasteiger partial charge in [0.25, 0.3) is 5.91 Å². The molecule has 3 aromatic rings. The Kier molecular flexibility index (Phi) is 6.57. The van der Waals surface area contributed by atoms with Crippen LogP contribution in [0.4, 0.5) is 17.2 Å². The average Bonchev–Trinajstić information content (AvgIpc) is 3.38. The van der Waals surface area contributed by atoms with Crippen molar-refractivity contribution in [2.24, 2.45) is 7.05 Å². The molecule has 0 unspecified atom stereocenters. The minimum Gasteiger partial charge on any atom is -0.391 e. The highest BCUT2D eigenvalue weighted by Gasteiger charge is 2.23. The van der Waals surface area contributed by atoms with Crippen LogP contribution < -0.4 is 15.1 Å². The minimum absolute atomic E-state index is 0. The van der Waals surface area contributed by atoms with Gasteiger partial charge >= 0.3 is 0 Å². The second-order valence-electron chi connectivity index (χ2n) is 8.50. The maximum Gasteiger partial charge on any atom is 0.274 e.